The van der Waals surface area contributed by atoms with Crippen LogP contribution in [0.25, 0.3) is 0 Å². The van der Waals surface area contributed by atoms with E-state index in [0.29, 0.717) is 5.69 Å². The first kappa shape index (κ1) is 23.2. The van der Waals surface area contributed by atoms with Crippen LogP contribution in [0.4, 0.5) is 5.69 Å². The Morgan fingerprint density at radius 1 is 1.26 bits per heavy atom. The number of hydrogen-bond donors (Lipinski definition) is 2. The molecular formula is C26H31N3O4S. The fourth-order valence-corrected chi connectivity index (χ4v) is 6.52. The molecular weight excluding hydrogens is 450 g/mol. The zero-order valence-electron chi connectivity index (χ0n) is 19.4. The minimum atomic E-state index is -1.13. The summed E-state index contributed by atoms with van der Waals surface area (Å²) in [6.45, 7) is 4.01. The van der Waals surface area contributed by atoms with Gasteiger partial charge in [-0.25, -0.2) is 0 Å². The van der Waals surface area contributed by atoms with Crippen molar-refractivity contribution in [1.29, 1.82) is 0 Å². The number of carbonyl (C=O) groups excluding carboxylic acids is 3. The molecule has 2 bridgehead atoms. The zero-order valence-corrected chi connectivity index (χ0v) is 20.2. The summed E-state index contributed by atoms with van der Waals surface area (Å²) in [4.78, 5) is 43.2. The molecule has 8 heteroatoms. The summed E-state index contributed by atoms with van der Waals surface area (Å²) in [5.41, 5.74) is -0.454. The molecule has 3 aliphatic heterocycles. The van der Waals surface area contributed by atoms with E-state index in [-0.39, 0.29) is 30.3 Å². The van der Waals surface area contributed by atoms with Crippen LogP contribution in [0.15, 0.2) is 54.0 Å². The molecule has 0 unspecified atom stereocenters. The van der Waals surface area contributed by atoms with E-state index in [1.807, 2.05) is 42.7 Å². The smallest absolute Gasteiger partial charge is 0.246 e. The second-order valence-electron chi connectivity index (χ2n) is 9.55. The maximum Gasteiger partial charge on any atom is 0.246 e. The second-order valence-corrected chi connectivity index (χ2v) is 10.4. The van der Waals surface area contributed by atoms with Crippen molar-refractivity contribution in [3.8, 4) is 0 Å². The number of carbonyl (C=O) groups is 3. The molecule has 4 aliphatic rings. The van der Waals surface area contributed by atoms with E-state index in [9.17, 15) is 14.4 Å². The average Bonchev–Trinajstić information content (AvgIpc) is 3.48. The molecule has 1 spiro atoms. The third-order valence-corrected chi connectivity index (χ3v) is 8.26. The molecule has 3 fully saturated rings. The van der Waals surface area contributed by atoms with Crippen molar-refractivity contribution in [3.63, 3.8) is 0 Å². The van der Waals surface area contributed by atoms with Crippen LogP contribution >= 0.6 is 11.8 Å². The van der Waals surface area contributed by atoms with Crippen LogP contribution < -0.4 is 10.6 Å². The number of likely N-dealkylation sites (tertiary alicyclic amines) is 1. The summed E-state index contributed by atoms with van der Waals surface area (Å²) < 4.78 is 6.34. The molecule has 34 heavy (non-hydrogen) atoms. The molecule has 0 radical (unpaired) electrons. The van der Waals surface area contributed by atoms with Gasteiger partial charge < -0.3 is 20.3 Å². The first-order chi connectivity index (χ1) is 16.5. The number of ether oxygens (including phenoxy) is 1. The SMILES string of the molecule is C=CCN1C(=O)[C@@H]2[C@H](C(=O)Nc3cccc(SC)c3)[C@@H]3C=C[C@@]2(O3)[C@H]1C(=O)NC1CCCCC1. The van der Waals surface area contributed by atoms with E-state index in [1.165, 1.54) is 11.3 Å². The van der Waals surface area contributed by atoms with Gasteiger partial charge in [0, 0.05) is 23.2 Å². The van der Waals surface area contributed by atoms with E-state index in [0.717, 1.165) is 30.6 Å². The number of anilines is 1. The number of nitrogens with one attached hydrogen (secondary N) is 2. The van der Waals surface area contributed by atoms with Crippen LogP contribution in [0, 0.1) is 11.8 Å². The van der Waals surface area contributed by atoms with Crippen LogP contribution in [0.5, 0.6) is 0 Å². The van der Waals surface area contributed by atoms with E-state index in [4.69, 9.17) is 4.74 Å². The van der Waals surface area contributed by atoms with Crippen LogP contribution in [-0.4, -0.2) is 59.2 Å². The van der Waals surface area contributed by atoms with Gasteiger partial charge >= 0.3 is 0 Å². The Kier molecular flexibility index (Phi) is 6.29. The van der Waals surface area contributed by atoms with Crippen LogP contribution in [0.2, 0.25) is 0 Å². The highest BCUT2D eigenvalue weighted by atomic mass is 32.2. The van der Waals surface area contributed by atoms with Crippen LogP contribution in [0.3, 0.4) is 0 Å². The highest BCUT2D eigenvalue weighted by Gasteiger charge is 2.72. The highest BCUT2D eigenvalue weighted by Crippen LogP contribution is 2.55. The molecule has 5 rings (SSSR count). The minimum Gasteiger partial charge on any atom is -0.359 e. The van der Waals surface area contributed by atoms with E-state index < -0.39 is 29.6 Å². The van der Waals surface area contributed by atoms with Crippen LogP contribution in [-0.2, 0) is 19.1 Å². The lowest BCUT2D eigenvalue weighted by molar-refractivity contribution is -0.140. The molecule has 1 saturated carbocycles. The topological polar surface area (TPSA) is 87.7 Å². The van der Waals surface area contributed by atoms with Gasteiger partial charge in [0.25, 0.3) is 0 Å². The van der Waals surface area contributed by atoms with Gasteiger partial charge in [0.05, 0.1) is 17.9 Å². The quantitative estimate of drug-likeness (QED) is 0.462. The normalized spacial score (nSPS) is 32.0. The van der Waals surface area contributed by atoms with Crippen LogP contribution in [0.1, 0.15) is 32.1 Å². The largest absolute Gasteiger partial charge is 0.359 e. The van der Waals surface area contributed by atoms with Crippen molar-refractivity contribution >= 4 is 35.2 Å². The summed E-state index contributed by atoms with van der Waals surface area (Å²) in [5.74, 6) is -2.14. The summed E-state index contributed by atoms with van der Waals surface area (Å²) in [5, 5.41) is 6.14. The lowest BCUT2D eigenvalue weighted by Gasteiger charge is -2.33. The van der Waals surface area contributed by atoms with Crippen molar-refractivity contribution < 1.29 is 19.1 Å². The number of amides is 3. The van der Waals surface area contributed by atoms with Gasteiger partial charge in [-0.1, -0.05) is 43.6 Å². The van der Waals surface area contributed by atoms with Gasteiger partial charge in [-0.05, 0) is 37.3 Å². The molecule has 1 aromatic rings. The number of rotatable bonds is 7. The molecule has 2 saturated heterocycles. The van der Waals surface area contributed by atoms with E-state index in [1.54, 1.807) is 17.8 Å². The monoisotopic (exact) mass is 481 g/mol. The summed E-state index contributed by atoms with van der Waals surface area (Å²) in [6.07, 6.45) is 12.0. The fourth-order valence-electron chi connectivity index (χ4n) is 6.06. The third-order valence-electron chi connectivity index (χ3n) is 7.54. The predicted octanol–water partition coefficient (Wildman–Crippen LogP) is 3.13. The van der Waals surface area contributed by atoms with Gasteiger partial charge in [-0.3, -0.25) is 14.4 Å². The molecule has 180 valence electrons. The van der Waals surface area contributed by atoms with Crippen molar-refractivity contribution in [3.05, 3.63) is 49.1 Å². The molecule has 3 amide bonds. The maximum atomic E-state index is 13.6. The average molecular weight is 482 g/mol. The summed E-state index contributed by atoms with van der Waals surface area (Å²) >= 11 is 1.59. The minimum absolute atomic E-state index is 0.114. The lowest BCUT2D eigenvalue weighted by atomic mass is 9.74. The Bertz CT molecular complexity index is 1040. The lowest BCUT2D eigenvalue weighted by Crippen LogP contribution is -2.56. The number of thioether (sulfide) groups is 1. The van der Waals surface area contributed by atoms with Crippen molar-refractivity contribution in [2.45, 2.75) is 60.8 Å². The molecule has 0 aromatic heterocycles. The molecule has 7 nitrogen and oxygen atoms in total. The third kappa shape index (κ3) is 3.77. The number of hydrogen-bond acceptors (Lipinski definition) is 5. The first-order valence-corrected chi connectivity index (χ1v) is 13.2. The summed E-state index contributed by atoms with van der Waals surface area (Å²) in [7, 11) is 0. The standard InChI is InChI=1S/C26H31N3O4S/c1-3-14-29-22(24(31)27-16-8-5-4-6-9-16)26-13-12-19(33-26)20(21(26)25(29)32)23(30)28-17-10-7-11-18(15-17)34-2/h3,7,10-13,15-16,19-22H,1,4-6,8-9,14H2,2H3,(H,27,31)(H,28,30)/t19-,20+,21-,22+,26-/m0/s1. The maximum absolute atomic E-state index is 13.6. The number of benzene rings is 1. The molecule has 1 aliphatic carbocycles. The molecule has 5 atom stereocenters. The molecule has 2 N–H and O–H groups in total. The van der Waals surface area contributed by atoms with Gasteiger partial charge in [0.1, 0.15) is 11.6 Å². The van der Waals surface area contributed by atoms with Gasteiger partial charge in [0.2, 0.25) is 17.7 Å². The molecule has 1 aromatic carbocycles. The Labute approximate surface area is 204 Å². The Hall–Kier alpha value is -2.58. The number of nitrogens with zero attached hydrogens (tertiary/aromatic N) is 1. The Morgan fingerprint density at radius 3 is 2.79 bits per heavy atom. The van der Waals surface area contributed by atoms with Crippen molar-refractivity contribution in [1.82, 2.24) is 10.2 Å². The van der Waals surface area contributed by atoms with Crippen molar-refractivity contribution in [2.24, 2.45) is 11.8 Å². The Balaban J connectivity index is 1.42. The van der Waals surface area contributed by atoms with Gasteiger partial charge in [-0.2, -0.15) is 0 Å². The summed E-state index contributed by atoms with van der Waals surface area (Å²) in [6, 6.07) is 6.90. The highest BCUT2D eigenvalue weighted by molar-refractivity contribution is 7.98. The number of fused-ring (bicyclic) bond motifs is 1. The fraction of sp³-hybridized carbons (Fsp3) is 0.500. The van der Waals surface area contributed by atoms with E-state index in [2.05, 4.69) is 17.2 Å². The Morgan fingerprint density at radius 2 is 2.06 bits per heavy atom. The predicted molar refractivity (Wildman–Crippen MR) is 131 cm³/mol. The van der Waals surface area contributed by atoms with Crippen molar-refractivity contribution in [2.75, 3.05) is 18.1 Å². The molecule has 3 heterocycles. The van der Waals surface area contributed by atoms with Gasteiger partial charge in [-0.15, -0.1) is 18.3 Å². The zero-order chi connectivity index (χ0) is 23.9. The van der Waals surface area contributed by atoms with Gasteiger partial charge in [0.15, 0.2) is 0 Å². The van der Waals surface area contributed by atoms with E-state index >= 15 is 0 Å². The first-order valence-electron chi connectivity index (χ1n) is 12.0. The second kappa shape index (κ2) is 9.23.